The highest BCUT2D eigenvalue weighted by atomic mass is 16.1. The van der Waals surface area contributed by atoms with Gasteiger partial charge in [0.15, 0.2) is 0 Å². The smallest absolute Gasteiger partial charge is 0.252 e. The predicted molar refractivity (Wildman–Crippen MR) is 99.4 cm³/mol. The number of carbonyl (C=O) groups is 1. The van der Waals surface area contributed by atoms with E-state index in [0.29, 0.717) is 12.1 Å². The molecule has 0 aliphatic carbocycles. The van der Waals surface area contributed by atoms with E-state index >= 15 is 0 Å². The second-order valence-corrected chi connectivity index (χ2v) is 6.01. The van der Waals surface area contributed by atoms with Crippen molar-refractivity contribution in [3.63, 3.8) is 0 Å². The highest BCUT2D eigenvalue weighted by Crippen LogP contribution is 2.24. The molecule has 0 radical (unpaired) electrons. The molecule has 0 saturated carbocycles. The molecule has 0 saturated heterocycles. The van der Waals surface area contributed by atoms with Gasteiger partial charge in [-0.1, -0.05) is 18.2 Å². The average Bonchev–Trinajstić information content (AvgIpc) is 3.11. The average molecular weight is 343 g/mol. The lowest BCUT2D eigenvalue weighted by Gasteiger charge is -2.10. The molecule has 1 aromatic carbocycles. The van der Waals surface area contributed by atoms with E-state index < -0.39 is 0 Å². The van der Waals surface area contributed by atoms with Gasteiger partial charge in [0, 0.05) is 48.7 Å². The highest BCUT2D eigenvalue weighted by molar-refractivity contribution is 6.07. The van der Waals surface area contributed by atoms with Crippen LogP contribution in [0.5, 0.6) is 0 Å². The van der Waals surface area contributed by atoms with Crippen LogP contribution in [0.3, 0.4) is 0 Å². The largest absolute Gasteiger partial charge is 0.348 e. The van der Waals surface area contributed by atoms with Crippen LogP contribution in [0.4, 0.5) is 0 Å². The van der Waals surface area contributed by atoms with Crippen LogP contribution in [0, 0.1) is 0 Å². The molecular weight excluding hydrogens is 326 g/mol. The Morgan fingerprint density at radius 3 is 2.73 bits per heavy atom. The fourth-order valence-electron chi connectivity index (χ4n) is 2.87. The number of amides is 1. The summed E-state index contributed by atoms with van der Waals surface area (Å²) in [5, 5.41) is 7.92. The molecule has 3 aromatic heterocycles. The number of pyridine rings is 2. The first-order chi connectivity index (χ1) is 12.7. The van der Waals surface area contributed by atoms with Crippen molar-refractivity contribution in [2.75, 3.05) is 0 Å². The molecule has 0 aliphatic rings. The molecule has 0 aliphatic heterocycles. The summed E-state index contributed by atoms with van der Waals surface area (Å²) in [6, 6.07) is 13.3. The van der Waals surface area contributed by atoms with E-state index in [9.17, 15) is 4.79 Å². The number of hydrogen-bond donors (Lipinski definition) is 1. The summed E-state index contributed by atoms with van der Waals surface area (Å²) in [7, 11) is 1.85. The molecule has 0 atom stereocenters. The maximum absolute atomic E-state index is 12.8. The number of hydrogen-bond acceptors (Lipinski definition) is 4. The van der Waals surface area contributed by atoms with Gasteiger partial charge in [0.05, 0.1) is 23.0 Å². The van der Waals surface area contributed by atoms with Crippen molar-refractivity contribution < 1.29 is 4.79 Å². The Labute approximate surface area is 150 Å². The van der Waals surface area contributed by atoms with Crippen LogP contribution in [0.15, 0.2) is 67.3 Å². The van der Waals surface area contributed by atoms with E-state index in [-0.39, 0.29) is 5.91 Å². The maximum atomic E-state index is 12.8. The Morgan fingerprint density at radius 1 is 1.15 bits per heavy atom. The normalized spacial score (nSPS) is 10.8. The van der Waals surface area contributed by atoms with Crippen molar-refractivity contribution in [1.29, 1.82) is 0 Å². The SMILES string of the molecule is Cn1cc(CNC(=O)c2cc(-c3ccncc3)nc3ccccc23)cn1. The minimum atomic E-state index is -0.136. The molecule has 26 heavy (non-hydrogen) atoms. The van der Waals surface area contributed by atoms with Gasteiger partial charge in [-0.2, -0.15) is 5.10 Å². The van der Waals surface area contributed by atoms with Crippen molar-refractivity contribution in [3.8, 4) is 11.3 Å². The molecule has 128 valence electrons. The van der Waals surface area contributed by atoms with Gasteiger partial charge < -0.3 is 5.32 Å². The summed E-state index contributed by atoms with van der Waals surface area (Å²) in [6.07, 6.45) is 7.06. The summed E-state index contributed by atoms with van der Waals surface area (Å²) < 4.78 is 1.71. The highest BCUT2D eigenvalue weighted by Gasteiger charge is 2.14. The summed E-state index contributed by atoms with van der Waals surface area (Å²) in [5.41, 5.74) is 4.01. The molecule has 4 aromatic rings. The predicted octanol–water partition coefficient (Wildman–Crippen LogP) is 2.96. The Morgan fingerprint density at radius 2 is 1.96 bits per heavy atom. The minimum absolute atomic E-state index is 0.136. The third-order valence-electron chi connectivity index (χ3n) is 4.15. The van der Waals surface area contributed by atoms with Crippen LogP contribution < -0.4 is 5.32 Å². The zero-order valence-corrected chi connectivity index (χ0v) is 14.3. The number of nitrogens with zero attached hydrogens (tertiary/aromatic N) is 4. The minimum Gasteiger partial charge on any atom is -0.348 e. The molecule has 0 fully saturated rings. The fraction of sp³-hybridized carbons (Fsp3) is 0.100. The van der Waals surface area contributed by atoms with Crippen LogP contribution in [0.2, 0.25) is 0 Å². The van der Waals surface area contributed by atoms with Crippen molar-refractivity contribution in [2.45, 2.75) is 6.54 Å². The van der Waals surface area contributed by atoms with Gasteiger partial charge in [-0.05, 0) is 24.3 Å². The third-order valence-corrected chi connectivity index (χ3v) is 4.15. The third kappa shape index (κ3) is 3.17. The van der Waals surface area contributed by atoms with Crippen LogP contribution in [0.25, 0.3) is 22.2 Å². The fourth-order valence-corrected chi connectivity index (χ4v) is 2.87. The Kier molecular flexibility index (Phi) is 4.15. The van der Waals surface area contributed by atoms with Gasteiger partial charge in [-0.3, -0.25) is 14.5 Å². The molecular formula is C20H17N5O. The zero-order valence-electron chi connectivity index (χ0n) is 14.3. The molecule has 3 heterocycles. The van der Waals surface area contributed by atoms with Crippen molar-refractivity contribution in [2.24, 2.45) is 7.05 Å². The first-order valence-corrected chi connectivity index (χ1v) is 8.26. The van der Waals surface area contributed by atoms with E-state index in [2.05, 4.69) is 20.4 Å². The van der Waals surface area contributed by atoms with E-state index in [1.165, 1.54) is 0 Å². The molecule has 4 rings (SSSR count). The van der Waals surface area contributed by atoms with E-state index in [4.69, 9.17) is 0 Å². The number of aryl methyl sites for hydroxylation is 1. The number of rotatable bonds is 4. The van der Waals surface area contributed by atoms with Crippen molar-refractivity contribution in [1.82, 2.24) is 25.1 Å². The number of carbonyl (C=O) groups excluding carboxylic acids is 1. The Bertz CT molecular complexity index is 1070. The lowest BCUT2D eigenvalue weighted by Crippen LogP contribution is -2.23. The molecule has 0 spiro atoms. The monoisotopic (exact) mass is 343 g/mol. The molecule has 0 unspecified atom stereocenters. The Hall–Kier alpha value is -3.54. The van der Waals surface area contributed by atoms with Crippen LogP contribution in [-0.2, 0) is 13.6 Å². The lowest BCUT2D eigenvalue weighted by atomic mass is 10.0. The van der Waals surface area contributed by atoms with Gasteiger partial charge in [0.25, 0.3) is 5.91 Å². The van der Waals surface area contributed by atoms with Crippen LogP contribution in [-0.4, -0.2) is 25.7 Å². The van der Waals surface area contributed by atoms with E-state index in [1.807, 2.05) is 55.7 Å². The number of aromatic nitrogens is 4. The summed E-state index contributed by atoms with van der Waals surface area (Å²) >= 11 is 0. The topological polar surface area (TPSA) is 72.7 Å². The maximum Gasteiger partial charge on any atom is 0.252 e. The van der Waals surface area contributed by atoms with Crippen molar-refractivity contribution in [3.05, 3.63) is 78.4 Å². The first-order valence-electron chi connectivity index (χ1n) is 8.26. The second-order valence-electron chi connectivity index (χ2n) is 6.01. The Balaban J connectivity index is 1.71. The van der Waals surface area contributed by atoms with Gasteiger partial charge >= 0.3 is 0 Å². The molecule has 1 N–H and O–H groups in total. The quantitative estimate of drug-likeness (QED) is 0.618. The van der Waals surface area contributed by atoms with Gasteiger partial charge in [0.1, 0.15) is 0 Å². The summed E-state index contributed by atoms with van der Waals surface area (Å²) in [4.78, 5) is 21.6. The first kappa shape index (κ1) is 16.0. The number of nitrogens with one attached hydrogen (secondary N) is 1. The molecule has 0 bridgehead atoms. The number of benzene rings is 1. The summed E-state index contributed by atoms with van der Waals surface area (Å²) in [5.74, 6) is -0.136. The lowest BCUT2D eigenvalue weighted by molar-refractivity contribution is 0.0952. The second kappa shape index (κ2) is 6.76. The van der Waals surface area contributed by atoms with Gasteiger partial charge in [0.2, 0.25) is 0 Å². The molecule has 6 nitrogen and oxygen atoms in total. The van der Waals surface area contributed by atoms with Crippen molar-refractivity contribution >= 4 is 16.8 Å². The van der Waals surface area contributed by atoms with Gasteiger partial charge in [-0.25, -0.2) is 4.98 Å². The van der Waals surface area contributed by atoms with Crippen LogP contribution in [0.1, 0.15) is 15.9 Å². The van der Waals surface area contributed by atoms with E-state index in [1.54, 1.807) is 23.3 Å². The standard InChI is InChI=1S/C20H17N5O/c1-25-13-14(12-23-25)11-22-20(26)17-10-19(15-6-8-21-9-7-15)24-18-5-3-2-4-16(17)18/h2-10,12-13H,11H2,1H3,(H,22,26). The number of para-hydroxylation sites is 1. The molecule has 1 amide bonds. The number of fused-ring (bicyclic) bond motifs is 1. The summed E-state index contributed by atoms with van der Waals surface area (Å²) in [6.45, 7) is 0.425. The van der Waals surface area contributed by atoms with E-state index in [0.717, 1.165) is 27.7 Å². The zero-order chi connectivity index (χ0) is 17.9. The molecule has 6 heteroatoms. The van der Waals surface area contributed by atoms with Gasteiger partial charge in [-0.15, -0.1) is 0 Å². The van der Waals surface area contributed by atoms with Crippen LogP contribution >= 0.6 is 0 Å².